The molecule has 0 fully saturated rings. The van der Waals surface area contributed by atoms with Gasteiger partial charge in [0.1, 0.15) is 10.9 Å². The van der Waals surface area contributed by atoms with E-state index in [0.717, 1.165) is 20.1 Å². The molecule has 0 saturated carbocycles. The minimum atomic E-state index is 0.0436. The summed E-state index contributed by atoms with van der Waals surface area (Å²) in [6.45, 7) is 1.93. The molecule has 2 aromatic rings. The molecule has 0 spiro atoms. The summed E-state index contributed by atoms with van der Waals surface area (Å²) in [7, 11) is 0. The summed E-state index contributed by atoms with van der Waals surface area (Å²) in [6, 6.07) is 11.7. The fraction of sp³-hybridized carbons (Fsp3) is 0.0769. The predicted molar refractivity (Wildman–Crippen MR) is 78.3 cm³/mol. The lowest BCUT2D eigenvalue weighted by Gasteiger charge is -2.08. The third kappa shape index (κ3) is 3.11. The smallest absolute Gasteiger partial charge is 0.125 e. The number of rotatable bonds is 3. The van der Waals surface area contributed by atoms with Crippen LogP contribution in [-0.4, -0.2) is 10.8 Å². The Labute approximate surface area is 118 Å². The number of benzene rings is 1. The van der Waals surface area contributed by atoms with Gasteiger partial charge < -0.3 is 5.73 Å². The average molecular weight is 322 g/mol. The molecule has 0 aliphatic carbocycles. The molecule has 0 saturated heterocycles. The third-order valence-electron chi connectivity index (χ3n) is 2.32. The Hall–Kier alpha value is -1.33. The summed E-state index contributed by atoms with van der Waals surface area (Å²) >= 11 is 4.91. The zero-order valence-electron chi connectivity index (χ0n) is 9.77. The maximum atomic E-state index is 7.56. The molecule has 92 valence electrons. The van der Waals surface area contributed by atoms with E-state index < -0.39 is 0 Å². The van der Waals surface area contributed by atoms with Crippen molar-refractivity contribution in [2.75, 3.05) is 0 Å². The third-order valence-corrected chi connectivity index (χ3v) is 3.86. The first-order valence-electron chi connectivity index (χ1n) is 5.32. The van der Waals surface area contributed by atoms with Crippen LogP contribution in [0.2, 0.25) is 0 Å². The summed E-state index contributed by atoms with van der Waals surface area (Å²) in [5.74, 6) is 0.0436. The Morgan fingerprint density at radius 3 is 2.50 bits per heavy atom. The van der Waals surface area contributed by atoms with E-state index in [0.29, 0.717) is 5.56 Å². The highest BCUT2D eigenvalue weighted by Crippen LogP contribution is 2.29. The molecule has 0 aliphatic heterocycles. The van der Waals surface area contributed by atoms with Gasteiger partial charge >= 0.3 is 0 Å². The zero-order chi connectivity index (χ0) is 13.1. The van der Waals surface area contributed by atoms with Crippen molar-refractivity contribution in [1.82, 2.24) is 4.98 Å². The second-order valence-corrected chi connectivity index (χ2v) is 5.75. The molecule has 0 atom stereocenters. The number of pyridine rings is 1. The number of aryl methyl sites for hydroxylation is 1. The van der Waals surface area contributed by atoms with Crippen molar-refractivity contribution in [1.29, 1.82) is 5.41 Å². The summed E-state index contributed by atoms with van der Waals surface area (Å²) < 4.78 is 1.04. The van der Waals surface area contributed by atoms with Gasteiger partial charge in [-0.1, -0.05) is 27.7 Å². The van der Waals surface area contributed by atoms with Crippen LogP contribution in [-0.2, 0) is 0 Å². The monoisotopic (exact) mass is 321 g/mol. The quantitative estimate of drug-likeness (QED) is 0.670. The van der Waals surface area contributed by atoms with Crippen LogP contribution in [0.5, 0.6) is 0 Å². The summed E-state index contributed by atoms with van der Waals surface area (Å²) in [6.07, 6.45) is 0. The number of nitrogen functional groups attached to an aromatic ring is 1. The number of aromatic nitrogens is 1. The molecule has 0 aliphatic rings. The van der Waals surface area contributed by atoms with Crippen LogP contribution in [0.4, 0.5) is 0 Å². The number of nitrogens with one attached hydrogen (secondary N) is 1. The lowest BCUT2D eigenvalue weighted by atomic mass is 10.2. The van der Waals surface area contributed by atoms with Crippen molar-refractivity contribution in [2.24, 2.45) is 5.73 Å². The van der Waals surface area contributed by atoms with Crippen LogP contribution in [0, 0.1) is 12.3 Å². The van der Waals surface area contributed by atoms with Crippen LogP contribution in [0.25, 0.3) is 0 Å². The van der Waals surface area contributed by atoms with Crippen molar-refractivity contribution in [3.05, 3.63) is 52.1 Å². The van der Waals surface area contributed by atoms with E-state index in [1.807, 2.05) is 43.3 Å². The van der Waals surface area contributed by atoms with Crippen LogP contribution < -0.4 is 5.73 Å². The highest BCUT2D eigenvalue weighted by Gasteiger charge is 2.09. The van der Waals surface area contributed by atoms with Gasteiger partial charge in [0.15, 0.2) is 0 Å². The van der Waals surface area contributed by atoms with Gasteiger partial charge in [0.05, 0.1) is 0 Å². The van der Waals surface area contributed by atoms with Gasteiger partial charge in [-0.15, -0.1) is 0 Å². The molecule has 0 bridgehead atoms. The molecular weight excluding hydrogens is 310 g/mol. The molecule has 1 heterocycles. The van der Waals surface area contributed by atoms with E-state index in [1.54, 1.807) is 0 Å². The Balaban J connectivity index is 2.35. The first-order valence-corrected chi connectivity index (χ1v) is 6.92. The second-order valence-electron chi connectivity index (χ2n) is 3.78. The van der Waals surface area contributed by atoms with Crippen LogP contribution in [0.15, 0.2) is 50.8 Å². The van der Waals surface area contributed by atoms with Crippen LogP contribution in [0.1, 0.15) is 11.3 Å². The Morgan fingerprint density at radius 1 is 1.22 bits per heavy atom. The van der Waals surface area contributed by atoms with Crippen LogP contribution >= 0.6 is 27.7 Å². The molecular formula is C13H12BrN3S. The van der Waals surface area contributed by atoms with Gasteiger partial charge in [0, 0.05) is 20.6 Å². The average Bonchev–Trinajstić information content (AvgIpc) is 2.32. The van der Waals surface area contributed by atoms with Crippen LogP contribution in [0.3, 0.4) is 0 Å². The molecule has 1 aromatic heterocycles. The molecule has 0 unspecified atom stereocenters. The number of nitrogens with two attached hydrogens (primary N) is 1. The standard InChI is InChI=1S/C13H12BrN3S/c1-8-2-7-11(12(15)16)13(17-8)18-10-5-3-9(14)4-6-10/h2-7H,1H3,(H3,15,16). The van der Waals surface area contributed by atoms with E-state index in [4.69, 9.17) is 11.1 Å². The molecule has 1 aromatic carbocycles. The minimum Gasteiger partial charge on any atom is -0.384 e. The molecule has 5 heteroatoms. The second kappa shape index (κ2) is 5.54. The summed E-state index contributed by atoms with van der Waals surface area (Å²) in [4.78, 5) is 5.51. The van der Waals surface area contributed by atoms with E-state index >= 15 is 0 Å². The molecule has 18 heavy (non-hydrogen) atoms. The highest BCUT2D eigenvalue weighted by molar-refractivity contribution is 9.10. The Bertz CT molecular complexity index is 581. The van der Waals surface area contributed by atoms with Gasteiger partial charge in [-0.05, 0) is 43.3 Å². The van der Waals surface area contributed by atoms with E-state index in [9.17, 15) is 0 Å². The summed E-state index contributed by atoms with van der Waals surface area (Å²) in [5.41, 5.74) is 7.16. The van der Waals surface area contributed by atoms with Crippen molar-refractivity contribution in [2.45, 2.75) is 16.8 Å². The lowest BCUT2D eigenvalue weighted by molar-refractivity contribution is 1.05. The largest absolute Gasteiger partial charge is 0.384 e. The summed E-state index contributed by atoms with van der Waals surface area (Å²) in [5, 5.41) is 8.33. The van der Waals surface area contributed by atoms with Crippen molar-refractivity contribution >= 4 is 33.5 Å². The van der Waals surface area contributed by atoms with E-state index in [-0.39, 0.29) is 5.84 Å². The number of hydrogen-bond donors (Lipinski definition) is 2. The molecule has 3 N–H and O–H groups in total. The van der Waals surface area contributed by atoms with Gasteiger partial charge in [-0.3, -0.25) is 5.41 Å². The SMILES string of the molecule is Cc1ccc(C(=N)N)c(Sc2ccc(Br)cc2)n1. The predicted octanol–water partition coefficient (Wildman–Crippen LogP) is 3.59. The Kier molecular flexibility index (Phi) is 4.04. The van der Waals surface area contributed by atoms with Crippen molar-refractivity contribution in [3.63, 3.8) is 0 Å². The number of nitrogens with zero attached hydrogens (tertiary/aromatic N) is 1. The number of amidine groups is 1. The van der Waals surface area contributed by atoms with Crippen molar-refractivity contribution < 1.29 is 0 Å². The fourth-order valence-electron chi connectivity index (χ4n) is 1.43. The number of halogens is 1. The van der Waals surface area contributed by atoms with E-state index in [2.05, 4.69) is 20.9 Å². The minimum absolute atomic E-state index is 0.0436. The van der Waals surface area contributed by atoms with Gasteiger partial charge in [-0.2, -0.15) is 0 Å². The van der Waals surface area contributed by atoms with Gasteiger partial charge in [-0.25, -0.2) is 4.98 Å². The zero-order valence-corrected chi connectivity index (χ0v) is 12.2. The van der Waals surface area contributed by atoms with Gasteiger partial charge in [0.2, 0.25) is 0 Å². The highest BCUT2D eigenvalue weighted by atomic mass is 79.9. The van der Waals surface area contributed by atoms with Crippen molar-refractivity contribution in [3.8, 4) is 0 Å². The molecule has 3 nitrogen and oxygen atoms in total. The number of hydrogen-bond acceptors (Lipinski definition) is 3. The maximum Gasteiger partial charge on any atom is 0.125 e. The lowest BCUT2D eigenvalue weighted by Crippen LogP contribution is -2.13. The first-order chi connectivity index (χ1) is 8.56. The first kappa shape index (κ1) is 13.1. The Morgan fingerprint density at radius 2 is 1.89 bits per heavy atom. The molecule has 0 amide bonds. The topological polar surface area (TPSA) is 62.8 Å². The van der Waals surface area contributed by atoms with E-state index in [1.165, 1.54) is 11.8 Å². The van der Waals surface area contributed by atoms with Gasteiger partial charge in [0.25, 0.3) is 0 Å². The molecule has 0 radical (unpaired) electrons. The molecule has 2 rings (SSSR count). The normalized spacial score (nSPS) is 10.3. The maximum absolute atomic E-state index is 7.56. The fourth-order valence-corrected chi connectivity index (χ4v) is 2.67.